The van der Waals surface area contributed by atoms with E-state index in [-0.39, 0.29) is 5.02 Å². The highest BCUT2D eigenvalue weighted by molar-refractivity contribution is 6.30. The maximum atomic E-state index is 13.6. The summed E-state index contributed by atoms with van der Waals surface area (Å²) in [5.41, 5.74) is 3.07. The Bertz CT molecular complexity index is 962. The van der Waals surface area contributed by atoms with Crippen LogP contribution in [0.4, 0.5) is 4.39 Å². The van der Waals surface area contributed by atoms with E-state index in [4.69, 9.17) is 11.6 Å². The molecule has 2 aromatic rings. The second-order valence-electron chi connectivity index (χ2n) is 9.36. The maximum absolute atomic E-state index is 13.6. The van der Waals surface area contributed by atoms with Gasteiger partial charge in [-0.15, -0.1) is 0 Å². The molecule has 4 unspecified atom stereocenters. The lowest BCUT2D eigenvalue weighted by Gasteiger charge is -2.42. The average Bonchev–Trinajstić information content (AvgIpc) is 2.80. The third-order valence-electron chi connectivity index (χ3n) is 7.35. The highest BCUT2D eigenvalue weighted by atomic mass is 35.5. The Balaban J connectivity index is 1.33. The zero-order valence-electron chi connectivity index (χ0n) is 18.4. The van der Waals surface area contributed by atoms with Gasteiger partial charge < -0.3 is 0 Å². The number of fused-ring (bicyclic) bond motifs is 1. The van der Waals surface area contributed by atoms with Gasteiger partial charge in [0, 0.05) is 11.1 Å². The lowest BCUT2D eigenvalue weighted by molar-refractivity contribution is 0.115. The van der Waals surface area contributed by atoms with Crippen LogP contribution < -0.4 is 0 Å². The van der Waals surface area contributed by atoms with E-state index in [0.717, 1.165) is 23.3 Å². The minimum atomic E-state index is -0.425. The Hall–Kier alpha value is -2.04. The standard InChI is InChI=1S/C29H32ClF/c1-2-3-4-5-22-10-14-27-20-26(16-15-25(27)18-22)24-12-8-21(9-13-24)6-7-23-11-17-28(30)29(31)19-23/h2-3,8-9,11-13,17,19,22,25-27H,4-5,10,14-16,18,20H2,1H3/b3-2+. The van der Waals surface area contributed by atoms with Crippen molar-refractivity contribution in [3.05, 3.63) is 82.1 Å². The number of hydrogen-bond donors (Lipinski definition) is 0. The number of halogens is 2. The van der Waals surface area contributed by atoms with Crippen LogP contribution in [0.1, 0.15) is 80.9 Å². The van der Waals surface area contributed by atoms with Gasteiger partial charge in [0.2, 0.25) is 0 Å². The van der Waals surface area contributed by atoms with E-state index in [2.05, 4.69) is 55.2 Å². The van der Waals surface area contributed by atoms with Gasteiger partial charge in [0.05, 0.1) is 5.02 Å². The Morgan fingerprint density at radius 3 is 2.42 bits per heavy atom. The number of benzene rings is 2. The van der Waals surface area contributed by atoms with Gasteiger partial charge in [-0.2, -0.15) is 0 Å². The first kappa shape index (κ1) is 22.2. The molecule has 2 aliphatic carbocycles. The van der Waals surface area contributed by atoms with Gasteiger partial charge in [0.25, 0.3) is 0 Å². The minimum absolute atomic E-state index is 0.131. The molecule has 4 rings (SSSR count). The van der Waals surface area contributed by atoms with Crippen molar-refractivity contribution in [3.8, 4) is 11.8 Å². The molecule has 162 valence electrons. The fourth-order valence-electron chi connectivity index (χ4n) is 5.61. The van der Waals surface area contributed by atoms with Crippen LogP contribution in [0.5, 0.6) is 0 Å². The van der Waals surface area contributed by atoms with Crippen LogP contribution in [0.25, 0.3) is 0 Å². The smallest absolute Gasteiger partial charge is 0.143 e. The first-order chi connectivity index (χ1) is 15.1. The van der Waals surface area contributed by atoms with Crippen LogP contribution in [0, 0.1) is 35.4 Å². The van der Waals surface area contributed by atoms with Crippen molar-refractivity contribution in [2.75, 3.05) is 0 Å². The van der Waals surface area contributed by atoms with E-state index in [1.165, 1.54) is 63.0 Å². The normalized spacial score (nSPS) is 25.6. The summed E-state index contributed by atoms with van der Waals surface area (Å²) in [5.74, 6) is 9.25. The van der Waals surface area contributed by atoms with Crippen molar-refractivity contribution < 1.29 is 4.39 Å². The van der Waals surface area contributed by atoms with Crippen molar-refractivity contribution in [3.63, 3.8) is 0 Å². The molecule has 0 aromatic heterocycles. The highest BCUT2D eigenvalue weighted by Crippen LogP contribution is 2.48. The van der Waals surface area contributed by atoms with Crippen LogP contribution in [0.3, 0.4) is 0 Å². The number of allylic oxidation sites excluding steroid dienone is 2. The third kappa shape index (κ3) is 5.81. The van der Waals surface area contributed by atoms with E-state index >= 15 is 0 Å². The summed E-state index contributed by atoms with van der Waals surface area (Å²) < 4.78 is 13.6. The zero-order valence-corrected chi connectivity index (χ0v) is 19.2. The monoisotopic (exact) mass is 434 g/mol. The van der Waals surface area contributed by atoms with Crippen LogP contribution in [0.2, 0.25) is 5.02 Å². The first-order valence-electron chi connectivity index (χ1n) is 11.8. The predicted octanol–water partition coefficient (Wildman–Crippen LogP) is 8.54. The predicted molar refractivity (Wildman–Crippen MR) is 129 cm³/mol. The average molecular weight is 435 g/mol. The molecule has 0 nitrogen and oxygen atoms in total. The Kier molecular flexibility index (Phi) is 7.52. The lowest BCUT2D eigenvalue weighted by atomic mass is 9.63. The van der Waals surface area contributed by atoms with Gasteiger partial charge in [-0.25, -0.2) is 4.39 Å². The summed E-state index contributed by atoms with van der Waals surface area (Å²) in [6, 6.07) is 13.4. The van der Waals surface area contributed by atoms with E-state index in [1.54, 1.807) is 12.1 Å². The Morgan fingerprint density at radius 2 is 1.65 bits per heavy atom. The topological polar surface area (TPSA) is 0 Å². The van der Waals surface area contributed by atoms with Crippen LogP contribution in [-0.2, 0) is 0 Å². The van der Waals surface area contributed by atoms with E-state index in [0.29, 0.717) is 11.5 Å². The minimum Gasteiger partial charge on any atom is -0.205 e. The molecule has 2 heteroatoms. The van der Waals surface area contributed by atoms with Crippen molar-refractivity contribution in [2.24, 2.45) is 17.8 Å². The van der Waals surface area contributed by atoms with Gasteiger partial charge >= 0.3 is 0 Å². The summed E-state index contributed by atoms with van der Waals surface area (Å²) in [6.07, 6.45) is 15.5. The molecule has 0 aliphatic heterocycles. The molecule has 4 atom stereocenters. The van der Waals surface area contributed by atoms with Gasteiger partial charge in [-0.1, -0.05) is 54.1 Å². The van der Waals surface area contributed by atoms with Crippen LogP contribution in [-0.4, -0.2) is 0 Å². The molecule has 2 fully saturated rings. The molecule has 0 amide bonds. The fourth-order valence-corrected chi connectivity index (χ4v) is 5.72. The van der Waals surface area contributed by atoms with Crippen molar-refractivity contribution in [2.45, 2.75) is 64.2 Å². The largest absolute Gasteiger partial charge is 0.205 e. The van der Waals surface area contributed by atoms with Crippen molar-refractivity contribution in [1.29, 1.82) is 0 Å². The molecule has 0 saturated heterocycles. The third-order valence-corrected chi connectivity index (χ3v) is 7.66. The van der Waals surface area contributed by atoms with Gasteiger partial charge in [0.1, 0.15) is 5.82 Å². The molecule has 2 aliphatic rings. The molecule has 2 aromatic carbocycles. The van der Waals surface area contributed by atoms with Gasteiger partial charge in [-0.05, 0) is 111 Å². The maximum Gasteiger partial charge on any atom is 0.143 e. The van der Waals surface area contributed by atoms with Crippen LogP contribution >= 0.6 is 11.6 Å². The van der Waals surface area contributed by atoms with E-state index < -0.39 is 5.82 Å². The molecule has 0 N–H and O–H groups in total. The highest BCUT2D eigenvalue weighted by Gasteiger charge is 2.35. The molecule has 2 saturated carbocycles. The molecule has 0 radical (unpaired) electrons. The summed E-state index contributed by atoms with van der Waals surface area (Å²) in [7, 11) is 0. The van der Waals surface area contributed by atoms with Crippen molar-refractivity contribution in [1.82, 2.24) is 0 Å². The molecule has 0 heterocycles. The summed E-state index contributed by atoms with van der Waals surface area (Å²) in [5, 5.41) is 0.131. The molecular formula is C29H32ClF. The summed E-state index contributed by atoms with van der Waals surface area (Å²) >= 11 is 5.74. The number of rotatable bonds is 4. The first-order valence-corrected chi connectivity index (χ1v) is 12.2. The fraction of sp³-hybridized carbons (Fsp3) is 0.448. The van der Waals surface area contributed by atoms with E-state index in [1.807, 2.05) is 0 Å². The Morgan fingerprint density at radius 1 is 0.935 bits per heavy atom. The molecule has 0 bridgehead atoms. The summed E-state index contributed by atoms with van der Waals surface area (Å²) in [4.78, 5) is 0. The second kappa shape index (κ2) is 10.5. The molecule has 31 heavy (non-hydrogen) atoms. The van der Waals surface area contributed by atoms with Gasteiger partial charge in [-0.3, -0.25) is 0 Å². The quantitative estimate of drug-likeness (QED) is 0.334. The second-order valence-corrected chi connectivity index (χ2v) is 9.76. The zero-order chi connectivity index (χ0) is 21.6. The van der Waals surface area contributed by atoms with Crippen LogP contribution in [0.15, 0.2) is 54.6 Å². The SMILES string of the molecule is C/C=C/CCC1CCC2CC(c3ccc(C#Cc4ccc(Cl)c(F)c4)cc3)CCC2C1. The number of hydrogen-bond acceptors (Lipinski definition) is 0. The summed E-state index contributed by atoms with van der Waals surface area (Å²) in [6.45, 7) is 2.12. The van der Waals surface area contributed by atoms with E-state index in [9.17, 15) is 4.39 Å². The lowest BCUT2D eigenvalue weighted by Crippen LogP contribution is -2.30. The van der Waals surface area contributed by atoms with Gasteiger partial charge in [0.15, 0.2) is 0 Å². The molecular weight excluding hydrogens is 403 g/mol. The Labute approximate surface area is 191 Å². The molecule has 0 spiro atoms. The van der Waals surface area contributed by atoms with Crippen molar-refractivity contribution >= 4 is 11.6 Å².